The number of nitro benzene ring substituents is 1. The molecular formula is C26H29N5O10S. The van der Waals surface area contributed by atoms with Crippen molar-refractivity contribution in [2.75, 3.05) is 13.1 Å². The molecule has 16 heteroatoms. The van der Waals surface area contributed by atoms with Crippen LogP contribution in [0, 0.1) is 22.0 Å². The van der Waals surface area contributed by atoms with Gasteiger partial charge in [-0.05, 0) is 31.5 Å². The van der Waals surface area contributed by atoms with Crippen molar-refractivity contribution in [1.29, 1.82) is 0 Å². The Hall–Kier alpha value is -4.18. The van der Waals surface area contributed by atoms with E-state index >= 15 is 0 Å². The van der Waals surface area contributed by atoms with E-state index < -0.39 is 69.7 Å². The molecular weight excluding hydrogens is 574 g/mol. The predicted molar refractivity (Wildman–Crippen MR) is 144 cm³/mol. The molecule has 0 unspecified atom stereocenters. The van der Waals surface area contributed by atoms with Crippen LogP contribution in [0.2, 0.25) is 0 Å². The van der Waals surface area contributed by atoms with Crippen LogP contribution in [0.15, 0.2) is 34.9 Å². The van der Waals surface area contributed by atoms with E-state index in [0.717, 1.165) is 4.90 Å². The molecule has 3 N–H and O–H groups in total. The third kappa shape index (κ3) is 4.63. The number of carboxylic acid groups (broad SMARTS) is 1. The maximum absolute atomic E-state index is 13.4. The number of urea groups is 1. The zero-order chi connectivity index (χ0) is 30.7. The number of imide groups is 1. The number of carboxylic acids is 1. The van der Waals surface area contributed by atoms with Crippen molar-refractivity contribution in [2.45, 2.75) is 56.9 Å². The summed E-state index contributed by atoms with van der Waals surface area (Å²) < 4.78 is 5.49. The van der Waals surface area contributed by atoms with E-state index in [1.54, 1.807) is 13.8 Å². The van der Waals surface area contributed by atoms with Gasteiger partial charge in [0, 0.05) is 41.2 Å². The lowest BCUT2D eigenvalue weighted by atomic mass is 9.79. The van der Waals surface area contributed by atoms with Crippen LogP contribution in [-0.2, 0) is 25.7 Å². The minimum absolute atomic E-state index is 0.0150. The molecule has 0 bridgehead atoms. The third-order valence-electron chi connectivity index (χ3n) is 8.24. The summed E-state index contributed by atoms with van der Waals surface area (Å²) in [6.07, 6.45) is -1.71. The van der Waals surface area contributed by atoms with Crippen LogP contribution >= 0.6 is 11.8 Å². The van der Waals surface area contributed by atoms with Crippen LogP contribution in [0.5, 0.6) is 0 Å². The average Bonchev–Trinajstić information content (AvgIpc) is 3.52. The van der Waals surface area contributed by atoms with E-state index in [0.29, 0.717) is 10.5 Å². The van der Waals surface area contributed by atoms with Crippen molar-refractivity contribution in [3.05, 3.63) is 50.5 Å². The number of amides is 5. The van der Waals surface area contributed by atoms with Crippen molar-refractivity contribution in [3.63, 3.8) is 0 Å². The second kappa shape index (κ2) is 10.6. The van der Waals surface area contributed by atoms with Gasteiger partial charge in [-0.15, -0.1) is 11.8 Å². The highest BCUT2D eigenvalue weighted by atomic mass is 32.2. The zero-order valence-corrected chi connectivity index (χ0v) is 23.7. The van der Waals surface area contributed by atoms with Gasteiger partial charge in [0.1, 0.15) is 18.0 Å². The highest BCUT2D eigenvalue weighted by Gasteiger charge is 2.61. The molecule has 5 amide bonds. The number of likely N-dealkylation sites (tertiary alicyclic amines) is 1. The van der Waals surface area contributed by atoms with Crippen molar-refractivity contribution in [1.82, 2.24) is 20.0 Å². The monoisotopic (exact) mass is 603 g/mol. The largest absolute Gasteiger partial charge is 0.477 e. The molecule has 0 aromatic heterocycles. The van der Waals surface area contributed by atoms with Crippen molar-refractivity contribution < 1.29 is 43.8 Å². The van der Waals surface area contributed by atoms with Crippen LogP contribution in [0.3, 0.4) is 0 Å². The Morgan fingerprint density at radius 3 is 2.48 bits per heavy atom. The summed E-state index contributed by atoms with van der Waals surface area (Å²) in [5.41, 5.74) is -1.27. The Morgan fingerprint density at radius 1 is 1.26 bits per heavy atom. The SMILES string of the molecule is C[C@@H](O)[C@H]1C(=O)N2C(C(=O)O)=C(S[C@@H]3CN(C(=O)OCc4ccc([N+](=O)[O-])cc4)[C@](C)(N4C(=O)CNC4=O)C3)[C@H](C)[C@H]12. The average molecular weight is 604 g/mol. The number of rotatable bonds is 8. The second-order valence-corrected chi connectivity index (χ2v) is 12.3. The minimum atomic E-state index is -1.45. The fourth-order valence-corrected chi connectivity index (χ4v) is 7.91. The molecule has 0 spiro atoms. The van der Waals surface area contributed by atoms with Gasteiger partial charge in [-0.2, -0.15) is 0 Å². The van der Waals surface area contributed by atoms with Crippen LogP contribution in [-0.4, -0.2) is 95.9 Å². The van der Waals surface area contributed by atoms with E-state index in [2.05, 4.69) is 5.32 Å². The number of hydrogen-bond acceptors (Lipinski definition) is 10. The molecule has 5 rings (SSSR count). The molecule has 0 saturated carbocycles. The normalized spacial score (nSPS) is 29.4. The number of β-lactam (4-membered cyclic amide) rings is 1. The van der Waals surface area contributed by atoms with Crippen LogP contribution in [0.4, 0.5) is 15.3 Å². The first-order chi connectivity index (χ1) is 19.8. The minimum Gasteiger partial charge on any atom is -0.477 e. The summed E-state index contributed by atoms with van der Waals surface area (Å²) >= 11 is 1.17. The fourth-order valence-electron chi connectivity index (χ4n) is 6.27. The van der Waals surface area contributed by atoms with Gasteiger partial charge < -0.3 is 25.2 Å². The first kappa shape index (κ1) is 29.3. The Kier molecular flexibility index (Phi) is 7.39. The number of thioether (sulfide) groups is 1. The number of aliphatic hydroxyl groups is 1. The molecule has 4 aliphatic rings. The van der Waals surface area contributed by atoms with E-state index in [9.17, 15) is 44.3 Å². The number of aliphatic hydroxyl groups excluding tert-OH is 1. The number of nitro groups is 1. The molecule has 0 aliphatic carbocycles. The number of nitrogens with one attached hydrogen (secondary N) is 1. The lowest BCUT2D eigenvalue weighted by Gasteiger charge is -2.46. The van der Waals surface area contributed by atoms with Gasteiger partial charge in [0.15, 0.2) is 0 Å². The van der Waals surface area contributed by atoms with Gasteiger partial charge in [-0.1, -0.05) is 6.92 Å². The Balaban J connectivity index is 1.39. The summed E-state index contributed by atoms with van der Waals surface area (Å²) in [6.45, 7) is 4.32. The summed E-state index contributed by atoms with van der Waals surface area (Å²) in [5, 5.41) is 33.0. The zero-order valence-electron chi connectivity index (χ0n) is 22.9. The van der Waals surface area contributed by atoms with Gasteiger partial charge >= 0.3 is 18.1 Å². The number of ether oxygens (including phenoxy) is 1. The standard InChI is InChI=1S/C26H29N5O10S/c1-12-19-18(13(2)32)22(34)29(19)20(23(35)36)21(12)42-16-8-26(3,30-17(33)9-27-24(30)37)28(10-16)25(38)41-11-14-4-6-15(7-5-14)31(39)40/h4-7,12-13,16,18-19,32H,8-11H2,1-3H3,(H,27,37)(H,35,36)/t12-,13-,16+,18-,19-,26-/m1/s1. The Bertz CT molecular complexity index is 1400. The molecule has 6 atom stereocenters. The number of benzene rings is 1. The predicted octanol–water partition coefficient (Wildman–Crippen LogP) is 1.46. The molecule has 4 aliphatic heterocycles. The first-order valence-corrected chi connectivity index (χ1v) is 14.1. The topological polar surface area (TPSA) is 200 Å². The van der Waals surface area contributed by atoms with Gasteiger partial charge in [0.2, 0.25) is 5.91 Å². The Labute approximate surface area is 243 Å². The summed E-state index contributed by atoms with van der Waals surface area (Å²) in [7, 11) is 0. The van der Waals surface area contributed by atoms with E-state index in [4.69, 9.17) is 4.74 Å². The van der Waals surface area contributed by atoms with Crippen LogP contribution in [0.1, 0.15) is 32.8 Å². The number of nitrogens with zero attached hydrogens (tertiary/aromatic N) is 4. The number of carbonyl (C=O) groups is 5. The van der Waals surface area contributed by atoms with Crippen molar-refractivity contribution in [2.24, 2.45) is 11.8 Å². The molecule has 3 fully saturated rings. The molecule has 1 aromatic rings. The smallest absolute Gasteiger partial charge is 0.412 e. The lowest BCUT2D eigenvalue weighted by molar-refractivity contribution is -0.384. The molecule has 3 saturated heterocycles. The lowest BCUT2D eigenvalue weighted by Crippen LogP contribution is -2.63. The second-order valence-electron chi connectivity index (χ2n) is 10.9. The first-order valence-electron chi connectivity index (χ1n) is 13.2. The molecule has 15 nitrogen and oxygen atoms in total. The number of fused-ring (bicyclic) bond motifs is 1. The molecule has 0 radical (unpaired) electrons. The molecule has 42 heavy (non-hydrogen) atoms. The van der Waals surface area contributed by atoms with Crippen molar-refractivity contribution >= 4 is 47.4 Å². The highest BCUT2D eigenvalue weighted by molar-refractivity contribution is 8.03. The van der Waals surface area contributed by atoms with E-state index in [1.165, 1.54) is 52.8 Å². The van der Waals surface area contributed by atoms with E-state index in [-0.39, 0.29) is 37.5 Å². The third-order valence-corrected chi connectivity index (χ3v) is 9.71. The molecule has 4 heterocycles. The maximum atomic E-state index is 13.4. The summed E-state index contributed by atoms with van der Waals surface area (Å²) in [5.74, 6) is -3.46. The van der Waals surface area contributed by atoms with Crippen LogP contribution < -0.4 is 5.32 Å². The van der Waals surface area contributed by atoms with Crippen molar-refractivity contribution in [3.8, 4) is 0 Å². The number of aliphatic carboxylic acids is 1. The Morgan fingerprint density at radius 2 is 1.93 bits per heavy atom. The summed E-state index contributed by atoms with van der Waals surface area (Å²) in [6, 6.07) is 4.23. The van der Waals surface area contributed by atoms with Gasteiger partial charge in [-0.3, -0.25) is 24.6 Å². The number of hydrogen-bond donors (Lipinski definition) is 3. The van der Waals surface area contributed by atoms with E-state index in [1.807, 2.05) is 0 Å². The van der Waals surface area contributed by atoms with Gasteiger partial charge in [0.25, 0.3) is 11.6 Å². The quantitative estimate of drug-likeness (QED) is 0.168. The molecule has 1 aromatic carbocycles. The summed E-state index contributed by atoms with van der Waals surface area (Å²) in [4.78, 5) is 78.0. The van der Waals surface area contributed by atoms with Gasteiger partial charge in [0.05, 0.1) is 29.5 Å². The number of non-ortho nitro benzene ring substituents is 1. The maximum Gasteiger partial charge on any atom is 0.412 e. The number of carbonyl (C=O) groups excluding carboxylic acids is 4. The fraction of sp³-hybridized carbons (Fsp3) is 0.500. The van der Waals surface area contributed by atoms with Gasteiger partial charge in [-0.25, -0.2) is 19.3 Å². The highest BCUT2D eigenvalue weighted by Crippen LogP contribution is 2.53. The molecule has 224 valence electrons. The van der Waals surface area contributed by atoms with Crippen LogP contribution in [0.25, 0.3) is 0 Å².